The summed E-state index contributed by atoms with van der Waals surface area (Å²) in [7, 11) is 0. The van der Waals surface area contributed by atoms with Gasteiger partial charge in [0.2, 0.25) is 0 Å². The predicted molar refractivity (Wildman–Crippen MR) is 112 cm³/mol. The zero-order valence-corrected chi connectivity index (χ0v) is 16.6. The van der Waals surface area contributed by atoms with Crippen LogP contribution >= 0.6 is 11.3 Å². The van der Waals surface area contributed by atoms with Gasteiger partial charge in [-0.3, -0.25) is 9.59 Å². The van der Waals surface area contributed by atoms with E-state index in [9.17, 15) is 14.7 Å². The topological polar surface area (TPSA) is 84.9 Å². The maximum absolute atomic E-state index is 12.0. The SMILES string of the molecule is CC(=O)c1cccc(OCC(O)COc2ccc(NC(=O)c3cccs3)cc2)c1. The third kappa shape index (κ3) is 6.17. The Labute approximate surface area is 172 Å². The Morgan fingerprint density at radius 1 is 1.00 bits per heavy atom. The van der Waals surface area contributed by atoms with Crippen LogP contribution in [0.1, 0.15) is 27.0 Å². The van der Waals surface area contributed by atoms with Crippen molar-refractivity contribution >= 4 is 28.7 Å². The van der Waals surface area contributed by atoms with E-state index in [1.807, 2.05) is 11.4 Å². The van der Waals surface area contributed by atoms with E-state index in [0.29, 0.717) is 27.6 Å². The van der Waals surface area contributed by atoms with Gasteiger partial charge in [0.05, 0.1) is 4.88 Å². The lowest BCUT2D eigenvalue weighted by Gasteiger charge is -2.14. The number of rotatable bonds is 9. The molecular formula is C22H21NO5S. The van der Waals surface area contributed by atoms with Gasteiger partial charge >= 0.3 is 0 Å². The van der Waals surface area contributed by atoms with Crippen LogP contribution < -0.4 is 14.8 Å². The molecule has 2 N–H and O–H groups in total. The number of carbonyl (C=O) groups is 2. The van der Waals surface area contributed by atoms with E-state index in [4.69, 9.17) is 9.47 Å². The van der Waals surface area contributed by atoms with Crippen molar-refractivity contribution in [2.24, 2.45) is 0 Å². The Morgan fingerprint density at radius 2 is 1.72 bits per heavy atom. The van der Waals surface area contributed by atoms with Gasteiger partial charge in [-0.05, 0) is 54.8 Å². The average molecular weight is 411 g/mol. The summed E-state index contributed by atoms with van der Waals surface area (Å²) in [5, 5.41) is 14.7. The molecule has 0 aliphatic rings. The Kier molecular flexibility index (Phi) is 6.99. The van der Waals surface area contributed by atoms with E-state index >= 15 is 0 Å². The van der Waals surface area contributed by atoms with Gasteiger partial charge < -0.3 is 19.9 Å². The standard InChI is InChI=1S/C22H21NO5S/c1-15(24)16-4-2-5-20(12-16)28-14-18(25)13-27-19-9-7-17(8-10-19)23-22(26)21-6-3-11-29-21/h2-12,18,25H,13-14H2,1H3,(H,23,26). The van der Waals surface area contributed by atoms with E-state index in [2.05, 4.69) is 5.32 Å². The maximum atomic E-state index is 12.0. The minimum Gasteiger partial charge on any atom is -0.491 e. The fourth-order valence-electron chi connectivity index (χ4n) is 2.47. The molecule has 1 atom stereocenters. The van der Waals surface area contributed by atoms with Gasteiger partial charge in [-0.1, -0.05) is 18.2 Å². The molecule has 0 aliphatic heterocycles. The Hall–Kier alpha value is -3.16. The molecule has 1 amide bonds. The molecule has 150 valence electrons. The summed E-state index contributed by atoms with van der Waals surface area (Å²) in [5.74, 6) is 0.878. The van der Waals surface area contributed by atoms with E-state index in [-0.39, 0.29) is 24.9 Å². The van der Waals surface area contributed by atoms with Crippen LogP contribution in [0.15, 0.2) is 66.0 Å². The highest BCUT2D eigenvalue weighted by atomic mass is 32.1. The third-order valence-electron chi connectivity index (χ3n) is 3.98. The van der Waals surface area contributed by atoms with E-state index in [1.165, 1.54) is 18.3 Å². The van der Waals surface area contributed by atoms with Crippen LogP contribution in [-0.2, 0) is 0 Å². The van der Waals surface area contributed by atoms with Gasteiger partial charge in [-0.2, -0.15) is 0 Å². The zero-order valence-electron chi connectivity index (χ0n) is 15.8. The molecule has 0 radical (unpaired) electrons. The van der Waals surface area contributed by atoms with Crippen molar-refractivity contribution in [2.45, 2.75) is 13.0 Å². The number of aliphatic hydroxyl groups excluding tert-OH is 1. The van der Waals surface area contributed by atoms with Crippen molar-refractivity contribution in [1.29, 1.82) is 0 Å². The number of anilines is 1. The molecule has 29 heavy (non-hydrogen) atoms. The summed E-state index contributed by atoms with van der Waals surface area (Å²) in [6.45, 7) is 1.57. The minimum atomic E-state index is -0.839. The second-order valence-electron chi connectivity index (χ2n) is 6.32. The summed E-state index contributed by atoms with van der Waals surface area (Å²) in [4.78, 5) is 24.1. The highest BCUT2D eigenvalue weighted by Gasteiger charge is 2.09. The van der Waals surface area contributed by atoms with Gasteiger partial charge in [-0.25, -0.2) is 0 Å². The van der Waals surface area contributed by atoms with Crippen LogP contribution in [0.3, 0.4) is 0 Å². The second-order valence-corrected chi connectivity index (χ2v) is 7.26. The Morgan fingerprint density at radius 3 is 2.38 bits per heavy atom. The highest BCUT2D eigenvalue weighted by molar-refractivity contribution is 7.12. The van der Waals surface area contributed by atoms with Gasteiger partial charge in [0.15, 0.2) is 5.78 Å². The van der Waals surface area contributed by atoms with E-state index < -0.39 is 6.10 Å². The van der Waals surface area contributed by atoms with Crippen LogP contribution in [0.25, 0.3) is 0 Å². The van der Waals surface area contributed by atoms with Crippen LogP contribution in [0.2, 0.25) is 0 Å². The molecule has 1 unspecified atom stereocenters. The van der Waals surface area contributed by atoms with Crippen molar-refractivity contribution in [1.82, 2.24) is 0 Å². The summed E-state index contributed by atoms with van der Waals surface area (Å²) in [5.41, 5.74) is 1.21. The normalized spacial score (nSPS) is 11.5. The average Bonchev–Trinajstić information content (AvgIpc) is 3.27. The van der Waals surface area contributed by atoms with E-state index in [0.717, 1.165) is 0 Å². The third-order valence-corrected chi connectivity index (χ3v) is 4.85. The quantitative estimate of drug-likeness (QED) is 0.520. The molecule has 1 aromatic heterocycles. The summed E-state index contributed by atoms with van der Waals surface area (Å²) in [6.07, 6.45) is -0.839. The Bertz CT molecular complexity index is 954. The Balaban J connectivity index is 1.44. The van der Waals surface area contributed by atoms with Crippen molar-refractivity contribution in [2.75, 3.05) is 18.5 Å². The zero-order chi connectivity index (χ0) is 20.6. The van der Waals surface area contributed by atoms with Crippen molar-refractivity contribution < 1.29 is 24.2 Å². The van der Waals surface area contributed by atoms with Gasteiger partial charge in [0.25, 0.3) is 5.91 Å². The lowest BCUT2D eigenvalue weighted by molar-refractivity contribution is 0.0626. The lowest BCUT2D eigenvalue weighted by Crippen LogP contribution is -2.25. The largest absolute Gasteiger partial charge is 0.491 e. The molecule has 0 fully saturated rings. The summed E-state index contributed by atoms with van der Waals surface area (Å²) in [6, 6.07) is 17.3. The van der Waals surface area contributed by atoms with Crippen LogP contribution in [0, 0.1) is 0 Å². The number of hydrogen-bond acceptors (Lipinski definition) is 6. The number of Topliss-reactive ketones (excluding diaryl/α,β-unsaturated/α-hetero) is 1. The number of ketones is 1. The molecule has 0 spiro atoms. The number of aliphatic hydroxyl groups is 1. The van der Waals surface area contributed by atoms with Crippen LogP contribution in [-0.4, -0.2) is 36.1 Å². The molecule has 3 aromatic rings. The van der Waals surface area contributed by atoms with Gasteiger partial charge in [0, 0.05) is 11.3 Å². The van der Waals surface area contributed by atoms with Crippen molar-refractivity contribution in [3.8, 4) is 11.5 Å². The number of hydrogen-bond donors (Lipinski definition) is 2. The number of ether oxygens (including phenoxy) is 2. The van der Waals surface area contributed by atoms with Gasteiger partial charge in [0.1, 0.15) is 30.8 Å². The molecule has 0 saturated carbocycles. The molecule has 0 saturated heterocycles. The highest BCUT2D eigenvalue weighted by Crippen LogP contribution is 2.18. The number of amides is 1. The van der Waals surface area contributed by atoms with Crippen LogP contribution in [0.5, 0.6) is 11.5 Å². The van der Waals surface area contributed by atoms with Crippen molar-refractivity contribution in [3.05, 3.63) is 76.5 Å². The molecular weight excluding hydrogens is 390 g/mol. The number of benzene rings is 2. The minimum absolute atomic E-state index is 0.0380. The van der Waals surface area contributed by atoms with Crippen molar-refractivity contribution in [3.63, 3.8) is 0 Å². The van der Waals surface area contributed by atoms with E-state index in [1.54, 1.807) is 54.6 Å². The fraction of sp³-hybridized carbons (Fsp3) is 0.182. The fourth-order valence-corrected chi connectivity index (χ4v) is 3.09. The first-order valence-corrected chi connectivity index (χ1v) is 9.89. The molecule has 0 aliphatic carbocycles. The number of carbonyl (C=O) groups excluding carboxylic acids is 2. The number of thiophene rings is 1. The van der Waals surface area contributed by atoms with Gasteiger partial charge in [-0.15, -0.1) is 11.3 Å². The first-order chi connectivity index (χ1) is 14.0. The molecule has 1 heterocycles. The lowest BCUT2D eigenvalue weighted by atomic mass is 10.1. The smallest absolute Gasteiger partial charge is 0.265 e. The summed E-state index contributed by atoms with van der Waals surface area (Å²) >= 11 is 1.38. The number of nitrogens with one attached hydrogen (secondary N) is 1. The first-order valence-electron chi connectivity index (χ1n) is 9.01. The maximum Gasteiger partial charge on any atom is 0.265 e. The predicted octanol–water partition coefficient (Wildman–Crippen LogP) is 4.02. The molecule has 0 bridgehead atoms. The monoisotopic (exact) mass is 411 g/mol. The molecule has 7 heteroatoms. The summed E-state index contributed by atoms with van der Waals surface area (Å²) < 4.78 is 11.1. The first kappa shape index (κ1) is 20.6. The second kappa shape index (κ2) is 9.86. The molecule has 2 aromatic carbocycles. The van der Waals surface area contributed by atoms with Crippen LogP contribution in [0.4, 0.5) is 5.69 Å². The molecule has 6 nitrogen and oxygen atoms in total. The molecule has 3 rings (SSSR count).